The number of fused-ring (bicyclic) bond motifs is 1. The summed E-state index contributed by atoms with van der Waals surface area (Å²) in [7, 11) is -3.34. The van der Waals surface area contributed by atoms with Gasteiger partial charge in [0.05, 0.1) is 11.8 Å². The average Bonchev–Trinajstić information content (AvgIpc) is 2.96. The summed E-state index contributed by atoms with van der Waals surface area (Å²) in [5.74, 6) is -0.681. The molecule has 1 aromatic heterocycles. The van der Waals surface area contributed by atoms with Crippen molar-refractivity contribution in [3.63, 3.8) is 0 Å². The second-order valence-electron chi connectivity index (χ2n) is 6.47. The van der Waals surface area contributed by atoms with Gasteiger partial charge in [0.1, 0.15) is 5.58 Å². The zero-order chi connectivity index (χ0) is 19.6. The average molecular weight is 406 g/mol. The first-order valence-corrected chi connectivity index (χ1v) is 11.0. The molecule has 5 nitrogen and oxygen atoms in total. The molecule has 0 fully saturated rings. The maximum absolute atomic E-state index is 12.9. The highest BCUT2D eigenvalue weighted by atomic mass is 35.5. The van der Waals surface area contributed by atoms with Crippen LogP contribution in [0.1, 0.15) is 41.1 Å². The molecule has 0 bridgehead atoms. The van der Waals surface area contributed by atoms with Gasteiger partial charge in [-0.3, -0.25) is 4.79 Å². The third kappa shape index (κ3) is 4.51. The highest BCUT2D eigenvalue weighted by Gasteiger charge is 2.25. The van der Waals surface area contributed by atoms with Gasteiger partial charge in [0.15, 0.2) is 15.6 Å². The molecule has 0 radical (unpaired) electrons. The number of sulfone groups is 1. The Kier molecular flexibility index (Phi) is 5.58. The molecule has 0 saturated heterocycles. The van der Waals surface area contributed by atoms with Crippen LogP contribution in [0.25, 0.3) is 11.0 Å². The lowest BCUT2D eigenvalue weighted by molar-refractivity contribution is 0.0908. The Morgan fingerprint density at radius 1 is 1.19 bits per heavy atom. The number of furan rings is 1. The van der Waals surface area contributed by atoms with E-state index in [9.17, 15) is 13.2 Å². The third-order valence-corrected chi connectivity index (χ3v) is 5.32. The topological polar surface area (TPSA) is 76.4 Å². The van der Waals surface area contributed by atoms with Crippen molar-refractivity contribution in [3.05, 3.63) is 70.4 Å². The molecular weight excluding hydrogens is 386 g/mol. The first kappa shape index (κ1) is 19.5. The van der Waals surface area contributed by atoms with E-state index in [1.807, 2.05) is 19.1 Å². The molecule has 3 rings (SSSR count). The molecule has 1 N–H and O–H groups in total. The lowest BCUT2D eigenvalue weighted by atomic mass is 10.0. The monoisotopic (exact) mass is 405 g/mol. The van der Waals surface area contributed by atoms with Gasteiger partial charge in [-0.25, -0.2) is 8.42 Å². The van der Waals surface area contributed by atoms with Crippen LogP contribution >= 0.6 is 11.6 Å². The minimum absolute atomic E-state index is 0.0297. The van der Waals surface area contributed by atoms with Crippen LogP contribution in [0, 0.1) is 0 Å². The molecule has 7 heteroatoms. The summed E-state index contributed by atoms with van der Waals surface area (Å²) in [5, 5.41) is 4.14. The highest BCUT2D eigenvalue weighted by Crippen LogP contribution is 2.28. The van der Waals surface area contributed by atoms with Crippen molar-refractivity contribution < 1.29 is 17.6 Å². The van der Waals surface area contributed by atoms with Gasteiger partial charge in [-0.15, -0.1) is 0 Å². The number of carbonyl (C=O) groups is 1. The molecule has 142 valence electrons. The largest absolute Gasteiger partial charge is 0.451 e. The molecule has 0 aliphatic heterocycles. The predicted molar refractivity (Wildman–Crippen MR) is 107 cm³/mol. The van der Waals surface area contributed by atoms with E-state index in [1.165, 1.54) is 0 Å². The van der Waals surface area contributed by atoms with E-state index in [1.54, 1.807) is 36.4 Å². The molecule has 0 aliphatic carbocycles. The smallest absolute Gasteiger partial charge is 0.287 e. The third-order valence-electron chi connectivity index (χ3n) is 4.28. The van der Waals surface area contributed by atoms with Gasteiger partial charge in [0, 0.05) is 22.2 Å². The van der Waals surface area contributed by atoms with Crippen molar-refractivity contribution in [1.82, 2.24) is 5.32 Å². The molecule has 0 spiro atoms. The summed E-state index contributed by atoms with van der Waals surface area (Å²) in [4.78, 5) is 12.9. The molecule has 3 aromatic rings. The zero-order valence-electron chi connectivity index (χ0n) is 15.0. The van der Waals surface area contributed by atoms with Gasteiger partial charge in [-0.2, -0.15) is 0 Å². The van der Waals surface area contributed by atoms with Gasteiger partial charge in [0.2, 0.25) is 0 Å². The summed E-state index contributed by atoms with van der Waals surface area (Å²) < 4.78 is 29.4. The Balaban J connectivity index is 1.98. The Morgan fingerprint density at radius 3 is 2.59 bits per heavy atom. The normalized spacial score (nSPS) is 12.9. The molecular formula is C20H20ClNO4S. The van der Waals surface area contributed by atoms with Crippen LogP contribution in [-0.4, -0.2) is 20.6 Å². The minimum Gasteiger partial charge on any atom is -0.451 e. The number of hydrogen-bond donors (Lipinski definition) is 1. The zero-order valence-corrected chi connectivity index (χ0v) is 16.6. The summed E-state index contributed by atoms with van der Waals surface area (Å²) in [5.41, 5.74) is 1.74. The van der Waals surface area contributed by atoms with Crippen molar-refractivity contribution in [3.8, 4) is 0 Å². The predicted octanol–water partition coefficient (Wildman–Crippen LogP) is 4.51. The molecule has 1 atom stereocenters. The number of hydrogen-bond acceptors (Lipinski definition) is 4. The Labute approximate surface area is 163 Å². The molecule has 1 amide bonds. The maximum atomic E-state index is 12.9. The number of halogens is 1. The SMILES string of the molecule is CCC(NC(=O)c1oc2ccccc2c1CS(C)(=O)=O)c1cccc(Cl)c1. The molecule has 27 heavy (non-hydrogen) atoms. The van der Waals surface area contributed by atoms with Crippen molar-refractivity contribution in [1.29, 1.82) is 0 Å². The fourth-order valence-electron chi connectivity index (χ4n) is 3.06. The van der Waals surface area contributed by atoms with Crippen LogP contribution in [-0.2, 0) is 15.6 Å². The Hall–Kier alpha value is -2.31. The van der Waals surface area contributed by atoms with Crippen LogP contribution < -0.4 is 5.32 Å². The van der Waals surface area contributed by atoms with Gasteiger partial charge in [0.25, 0.3) is 5.91 Å². The lowest BCUT2D eigenvalue weighted by Crippen LogP contribution is -2.28. The van der Waals surface area contributed by atoms with E-state index in [0.29, 0.717) is 28.0 Å². The number of carbonyl (C=O) groups excluding carboxylic acids is 1. The van der Waals surface area contributed by atoms with E-state index in [4.69, 9.17) is 16.0 Å². The number of amides is 1. The van der Waals surface area contributed by atoms with Gasteiger partial charge < -0.3 is 9.73 Å². The standard InChI is InChI=1S/C20H20ClNO4S/c1-3-17(13-7-6-8-14(21)11-13)22-20(23)19-16(12-27(2,24)25)15-9-4-5-10-18(15)26-19/h4-11,17H,3,12H2,1-2H3,(H,22,23). The quantitative estimate of drug-likeness (QED) is 0.654. The Bertz CT molecular complexity index is 1090. The van der Waals surface area contributed by atoms with Crippen molar-refractivity contribution in [2.24, 2.45) is 0 Å². The van der Waals surface area contributed by atoms with E-state index in [0.717, 1.165) is 11.8 Å². The molecule has 2 aromatic carbocycles. The van der Waals surface area contributed by atoms with Crippen molar-refractivity contribution >= 4 is 38.3 Å². The van der Waals surface area contributed by atoms with Crippen molar-refractivity contribution in [2.45, 2.75) is 25.1 Å². The molecule has 1 heterocycles. The van der Waals surface area contributed by atoms with Gasteiger partial charge in [-0.1, -0.05) is 48.9 Å². The summed E-state index contributed by atoms with van der Waals surface area (Å²) in [6.45, 7) is 1.95. The molecule has 1 unspecified atom stereocenters. The van der Waals surface area contributed by atoms with E-state index < -0.39 is 15.7 Å². The van der Waals surface area contributed by atoms with Crippen molar-refractivity contribution in [2.75, 3.05) is 6.26 Å². The van der Waals surface area contributed by atoms with Gasteiger partial charge >= 0.3 is 0 Å². The summed E-state index contributed by atoms with van der Waals surface area (Å²) in [6, 6.07) is 14.0. The number of para-hydroxylation sites is 1. The lowest BCUT2D eigenvalue weighted by Gasteiger charge is -2.17. The van der Waals surface area contributed by atoms with E-state index in [2.05, 4.69) is 5.32 Å². The summed E-state index contributed by atoms with van der Waals surface area (Å²) in [6.07, 6.45) is 1.78. The van der Waals surface area contributed by atoms with Gasteiger partial charge in [-0.05, 0) is 30.2 Å². The van der Waals surface area contributed by atoms with Crippen LogP contribution in [0.15, 0.2) is 52.9 Å². The minimum atomic E-state index is -3.34. The fourth-order valence-corrected chi connectivity index (χ4v) is 4.07. The second kappa shape index (κ2) is 7.74. The maximum Gasteiger partial charge on any atom is 0.287 e. The number of nitrogens with one attached hydrogen (secondary N) is 1. The Morgan fingerprint density at radius 2 is 1.93 bits per heavy atom. The van der Waals surface area contributed by atoms with Crippen LogP contribution in [0.5, 0.6) is 0 Å². The first-order chi connectivity index (χ1) is 12.8. The van der Waals surface area contributed by atoms with E-state index >= 15 is 0 Å². The highest BCUT2D eigenvalue weighted by molar-refractivity contribution is 7.89. The number of benzene rings is 2. The molecule has 0 aliphatic rings. The number of rotatable bonds is 6. The molecule has 0 saturated carbocycles. The van der Waals surface area contributed by atoms with E-state index in [-0.39, 0.29) is 17.6 Å². The van der Waals surface area contributed by atoms with Crippen LogP contribution in [0.3, 0.4) is 0 Å². The fraction of sp³-hybridized carbons (Fsp3) is 0.250. The second-order valence-corrected chi connectivity index (χ2v) is 9.04. The first-order valence-electron chi connectivity index (χ1n) is 8.53. The van der Waals surface area contributed by atoms with Crippen LogP contribution in [0.2, 0.25) is 5.02 Å². The van der Waals surface area contributed by atoms with Crippen LogP contribution in [0.4, 0.5) is 0 Å². The summed E-state index contributed by atoms with van der Waals surface area (Å²) >= 11 is 6.05.